The molecule has 0 unspecified atom stereocenters. The number of hydrogen-bond donors (Lipinski definition) is 1. The maximum Gasteiger partial charge on any atom is 0.311 e. The zero-order valence-electron chi connectivity index (χ0n) is 15.1. The molecule has 1 aliphatic heterocycles. The zero-order chi connectivity index (χ0) is 20.3. The molecule has 2 aromatic rings. The normalized spacial score (nSPS) is 16.2. The van der Waals surface area contributed by atoms with E-state index in [0.29, 0.717) is 10.7 Å². The van der Waals surface area contributed by atoms with Gasteiger partial charge in [-0.3, -0.25) is 14.4 Å². The van der Waals surface area contributed by atoms with Gasteiger partial charge in [0.2, 0.25) is 5.91 Å². The molecule has 1 saturated heterocycles. The fourth-order valence-electron chi connectivity index (χ4n) is 2.89. The third-order valence-corrected chi connectivity index (χ3v) is 4.81. The highest BCUT2D eigenvalue weighted by atomic mass is 35.5. The molecule has 1 heterocycles. The molecule has 28 heavy (non-hydrogen) atoms. The van der Waals surface area contributed by atoms with E-state index >= 15 is 0 Å². The van der Waals surface area contributed by atoms with Crippen molar-refractivity contribution in [2.45, 2.75) is 13.3 Å². The minimum absolute atomic E-state index is 0.00773. The molecule has 1 fully saturated rings. The molecule has 146 valence electrons. The quantitative estimate of drug-likeness (QED) is 0.776. The Morgan fingerprint density at radius 1 is 1.29 bits per heavy atom. The smallest absolute Gasteiger partial charge is 0.311 e. The van der Waals surface area contributed by atoms with E-state index in [1.54, 1.807) is 24.3 Å². The fraction of sp³-hybridized carbons (Fsp3) is 0.250. The van der Waals surface area contributed by atoms with Crippen LogP contribution in [0.4, 0.5) is 15.8 Å². The van der Waals surface area contributed by atoms with Crippen LogP contribution < -0.4 is 10.2 Å². The van der Waals surface area contributed by atoms with Gasteiger partial charge in [-0.2, -0.15) is 0 Å². The van der Waals surface area contributed by atoms with Gasteiger partial charge in [0, 0.05) is 23.7 Å². The predicted octanol–water partition coefficient (Wildman–Crippen LogP) is 3.32. The lowest BCUT2D eigenvalue weighted by atomic mass is 10.1. The number of ether oxygens (including phenoxy) is 1. The largest absolute Gasteiger partial charge is 0.455 e. The second-order valence-electron chi connectivity index (χ2n) is 6.48. The molecule has 0 aromatic heterocycles. The van der Waals surface area contributed by atoms with Crippen molar-refractivity contribution in [3.63, 3.8) is 0 Å². The van der Waals surface area contributed by atoms with Crippen LogP contribution in [0.25, 0.3) is 0 Å². The Hall–Kier alpha value is -2.93. The van der Waals surface area contributed by atoms with E-state index in [1.807, 2.05) is 6.92 Å². The summed E-state index contributed by atoms with van der Waals surface area (Å²) in [7, 11) is 0. The van der Waals surface area contributed by atoms with Gasteiger partial charge in [-0.05, 0) is 36.8 Å². The fourth-order valence-corrected chi connectivity index (χ4v) is 3.07. The number of carbonyl (C=O) groups excluding carboxylic acids is 3. The van der Waals surface area contributed by atoms with Gasteiger partial charge in [-0.1, -0.05) is 29.8 Å². The number of hydrogen-bond acceptors (Lipinski definition) is 4. The molecule has 8 heteroatoms. The average molecular weight is 405 g/mol. The lowest BCUT2D eigenvalue weighted by Crippen LogP contribution is -2.28. The molecule has 1 aliphatic rings. The van der Waals surface area contributed by atoms with Gasteiger partial charge in [-0.25, -0.2) is 4.39 Å². The second-order valence-corrected chi connectivity index (χ2v) is 6.88. The molecule has 3 rings (SSSR count). The first-order valence-electron chi connectivity index (χ1n) is 8.62. The number of anilines is 2. The molecule has 0 bridgehead atoms. The number of nitrogens with one attached hydrogen (secondary N) is 1. The zero-order valence-corrected chi connectivity index (χ0v) is 15.8. The molecule has 0 saturated carbocycles. The molecule has 1 atom stereocenters. The first-order valence-corrected chi connectivity index (χ1v) is 9.00. The molecular formula is C20H18ClFN2O4. The molecule has 2 amide bonds. The SMILES string of the molecule is Cc1ccc(NC(=O)COC(=O)[C@H]2CC(=O)N(c3ccccc3F)C2)cc1Cl. The topological polar surface area (TPSA) is 75.7 Å². The predicted molar refractivity (Wildman–Crippen MR) is 103 cm³/mol. The molecule has 1 N–H and O–H groups in total. The maximum atomic E-state index is 13.9. The summed E-state index contributed by atoms with van der Waals surface area (Å²) in [6.45, 7) is 1.35. The van der Waals surface area contributed by atoms with Gasteiger partial charge in [-0.15, -0.1) is 0 Å². The highest BCUT2D eigenvalue weighted by Gasteiger charge is 2.37. The minimum Gasteiger partial charge on any atom is -0.455 e. The molecular weight excluding hydrogens is 387 g/mol. The summed E-state index contributed by atoms with van der Waals surface area (Å²) in [5, 5.41) is 3.09. The Bertz CT molecular complexity index is 934. The minimum atomic E-state index is -0.756. The van der Waals surface area contributed by atoms with Crippen LogP contribution in [-0.2, 0) is 19.1 Å². The van der Waals surface area contributed by atoms with Crippen LogP contribution in [0.2, 0.25) is 5.02 Å². The summed E-state index contributed by atoms with van der Waals surface area (Å²) in [5.74, 6) is -2.87. The lowest BCUT2D eigenvalue weighted by molar-refractivity contribution is -0.151. The Morgan fingerprint density at radius 2 is 2.04 bits per heavy atom. The van der Waals surface area contributed by atoms with Crippen molar-refractivity contribution < 1.29 is 23.5 Å². The van der Waals surface area contributed by atoms with Crippen LogP contribution in [0, 0.1) is 18.7 Å². The number of benzene rings is 2. The highest BCUT2D eigenvalue weighted by Crippen LogP contribution is 2.28. The van der Waals surface area contributed by atoms with Gasteiger partial charge in [0.15, 0.2) is 6.61 Å². The van der Waals surface area contributed by atoms with Gasteiger partial charge in [0.1, 0.15) is 5.82 Å². The number of halogens is 2. The van der Waals surface area contributed by atoms with Crippen molar-refractivity contribution in [1.82, 2.24) is 0 Å². The van der Waals surface area contributed by atoms with Crippen molar-refractivity contribution in [3.05, 3.63) is 58.9 Å². The number of esters is 1. The van der Waals surface area contributed by atoms with Crippen molar-refractivity contribution >= 4 is 40.8 Å². The van der Waals surface area contributed by atoms with Gasteiger partial charge >= 0.3 is 5.97 Å². The summed E-state index contributed by atoms with van der Waals surface area (Å²) >= 11 is 6.00. The molecule has 6 nitrogen and oxygen atoms in total. The number of carbonyl (C=O) groups is 3. The van der Waals surface area contributed by atoms with E-state index in [2.05, 4.69) is 5.32 Å². The van der Waals surface area contributed by atoms with Crippen LogP contribution in [0.3, 0.4) is 0 Å². The summed E-state index contributed by atoms with van der Waals surface area (Å²) in [6.07, 6.45) is -0.0949. The molecule has 0 radical (unpaired) electrons. The van der Waals surface area contributed by atoms with E-state index < -0.39 is 30.2 Å². The van der Waals surface area contributed by atoms with Crippen molar-refractivity contribution in [1.29, 1.82) is 0 Å². The molecule has 0 spiro atoms. The van der Waals surface area contributed by atoms with Crippen LogP contribution in [-0.4, -0.2) is 30.9 Å². The number of amides is 2. The van der Waals surface area contributed by atoms with E-state index in [1.165, 1.54) is 23.1 Å². The van der Waals surface area contributed by atoms with Gasteiger partial charge in [0.25, 0.3) is 5.91 Å². The molecule has 0 aliphatic carbocycles. The standard InChI is InChI=1S/C20H18ClFN2O4/c1-12-6-7-14(9-15(12)21)23-18(25)11-28-20(27)13-8-19(26)24(10-13)17-5-3-2-4-16(17)22/h2-7,9,13H,8,10-11H2,1H3,(H,23,25)/t13-/m0/s1. The Morgan fingerprint density at radius 3 is 2.75 bits per heavy atom. The third-order valence-electron chi connectivity index (χ3n) is 4.40. The van der Waals surface area contributed by atoms with E-state index in [-0.39, 0.29) is 24.6 Å². The molecule has 2 aromatic carbocycles. The van der Waals surface area contributed by atoms with Crippen molar-refractivity contribution in [3.8, 4) is 0 Å². The lowest BCUT2D eigenvalue weighted by Gasteiger charge is -2.17. The summed E-state index contributed by atoms with van der Waals surface area (Å²) in [5.41, 5.74) is 1.48. The summed E-state index contributed by atoms with van der Waals surface area (Å²) in [6, 6.07) is 10.9. The van der Waals surface area contributed by atoms with Gasteiger partial charge < -0.3 is 15.0 Å². The maximum absolute atomic E-state index is 13.9. The number of aryl methyl sites for hydroxylation is 1. The third kappa shape index (κ3) is 4.48. The first kappa shape index (κ1) is 19.8. The second kappa shape index (κ2) is 8.39. The summed E-state index contributed by atoms with van der Waals surface area (Å²) in [4.78, 5) is 37.5. The Balaban J connectivity index is 1.54. The summed E-state index contributed by atoms with van der Waals surface area (Å²) < 4.78 is 18.9. The Kier molecular flexibility index (Phi) is 5.94. The Labute approximate surface area is 166 Å². The van der Waals surface area contributed by atoms with E-state index in [4.69, 9.17) is 16.3 Å². The van der Waals surface area contributed by atoms with Crippen molar-refractivity contribution in [2.75, 3.05) is 23.4 Å². The van der Waals surface area contributed by atoms with Gasteiger partial charge in [0.05, 0.1) is 11.6 Å². The number of nitrogens with zero attached hydrogens (tertiary/aromatic N) is 1. The van der Waals surface area contributed by atoms with Crippen LogP contribution in [0.5, 0.6) is 0 Å². The van der Waals surface area contributed by atoms with E-state index in [9.17, 15) is 18.8 Å². The average Bonchev–Trinajstić information content (AvgIpc) is 3.05. The first-order chi connectivity index (χ1) is 13.3. The number of rotatable bonds is 5. The van der Waals surface area contributed by atoms with E-state index in [0.717, 1.165) is 5.56 Å². The highest BCUT2D eigenvalue weighted by molar-refractivity contribution is 6.31. The number of para-hydroxylation sites is 1. The van der Waals surface area contributed by atoms with Crippen LogP contribution in [0.1, 0.15) is 12.0 Å². The van der Waals surface area contributed by atoms with Crippen LogP contribution >= 0.6 is 11.6 Å². The monoisotopic (exact) mass is 404 g/mol. The van der Waals surface area contributed by atoms with Crippen molar-refractivity contribution in [2.24, 2.45) is 5.92 Å². The van der Waals surface area contributed by atoms with Crippen LogP contribution in [0.15, 0.2) is 42.5 Å².